The molecule has 1 saturated heterocycles. The standard InChI is InChI=1S/C10H17F2NO/c1-7-8(4-6-14-7)13-9-3-2-5-10(9,11)12/h7-9,13H,2-6H2,1H3. The smallest absolute Gasteiger partial charge is 0.263 e. The van der Waals surface area contributed by atoms with Crippen LogP contribution in [0.4, 0.5) is 8.78 Å². The first-order chi connectivity index (χ1) is 6.59. The van der Waals surface area contributed by atoms with Crippen molar-refractivity contribution in [3.05, 3.63) is 0 Å². The molecule has 1 aliphatic carbocycles. The molecular formula is C10H17F2NO. The third-order valence-electron chi connectivity index (χ3n) is 3.30. The van der Waals surface area contributed by atoms with Gasteiger partial charge < -0.3 is 10.1 Å². The van der Waals surface area contributed by atoms with Gasteiger partial charge in [0.2, 0.25) is 0 Å². The lowest BCUT2D eigenvalue weighted by molar-refractivity contribution is -0.0236. The molecule has 0 bridgehead atoms. The Morgan fingerprint density at radius 1 is 1.36 bits per heavy atom. The second kappa shape index (κ2) is 3.74. The van der Waals surface area contributed by atoms with E-state index in [-0.39, 0.29) is 18.6 Å². The van der Waals surface area contributed by atoms with Crippen LogP contribution in [0.25, 0.3) is 0 Å². The Hall–Kier alpha value is -0.220. The van der Waals surface area contributed by atoms with Crippen molar-refractivity contribution in [2.75, 3.05) is 6.61 Å². The fourth-order valence-corrected chi connectivity index (χ4v) is 2.34. The van der Waals surface area contributed by atoms with Crippen molar-refractivity contribution in [1.29, 1.82) is 0 Å². The molecule has 1 heterocycles. The van der Waals surface area contributed by atoms with Gasteiger partial charge in [0.15, 0.2) is 0 Å². The van der Waals surface area contributed by atoms with E-state index < -0.39 is 12.0 Å². The zero-order valence-electron chi connectivity index (χ0n) is 8.43. The van der Waals surface area contributed by atoms with Crippen LogP contribution >= 0.6 is 0 Å². The topological polar surface area (TPSA) is 21.3 Å². The SMILES string of the molecule is CC1OCCC1NC1CCCC1(F)F. The molecule has 2 nitrogen and oxygen atoms in total. The van der Waals surface area contributed by atoms with Gasteiger partial charge >= 0.3 is 0 Å². The third-order valence-corrected chi connectivity index (χ3v) is 3.30. The summed E-state index contributed by atoms with van der Waals surface area (Å²) in [6.07, 6.45) is 2.19. The highest BCUT2D eigenvalue weighted by Gasteiger charge is 2.45. The average Bonchev–Trinajstić information content (AvgIpc) is 2.62. The molecule has 0 aromatic heterocycles. The van der Waals surface area contributed by atoms with E-state index in [1.165, 1.54) is 0 Å². The Morgan fingerprint density at radius 3 is 2.64 bits per heavy atom. The van der Waals surface area contributed by atoms with Gasteiger partial charge in [0.05, 0.1) is 12.1 Å². The Morgan fingerprint density at radius 2 is 2.14 bits per heavy atom. The maximum Gasteiger partial charge on any atom is 0.263 e. The van der Waals surface area contributed by atoms with E-state index in [1.807, 2.05) is 6.92 Å². The predicted molar refractivity (Wildman–Crippen MR) is 49.5 cm³/mol. The van der Waals surface area contributed by atoms with Gasteiger partial charge in [0.1, 0.15) is 0 Å². The van der Waals surface area contributed by atoms with Crippen LogP contribution in [0, 0.1) is 0 Å². The molecule has 0 aromatic rings. The lowest BCUT2D eigenvalue weighted by atomic mass is 10.1. The van der Waals surface area contributed by atoms with Gasteiger partial charge in [-0.2, -0.15) is 0 Å². The second-order valence-corrected chi connectivity index (χ2v) is 4.34. The van der Waals surface area contributed by atoms with E-state index in [0.29, 0.717) is 19.4 Å². The molecule has 2 rings (SSSR count). The van der Waals surface area contributed by atoms with Gasteiger partial charge in [-0.3, -0.25) is 0 Å². The maximum absolute atomic E-state index is 13.3. The molecule has 82 valence electrons. The van der Waals surface area contributed by atoms with Gasteiger partial charge in [0, 0.05) is 19.1 Å². The summed E-state index contributed by atoms with van der Waals surface area (Å²) in [5.74, 6) is -2.51. The first-order valence-electron chi connectivity index (χ1n) is 5.35. The quantitative estimate of drug-likeness (QED) is 0.744. The first kappa shape index (κ1) is 10.3. The number of alkyl halides is 2. The molecular weight excluding hydrogens is 188 g/mol. The van der Waals surface area contributed by atoms with Crippen molar-refractivity contribution in [2.24, 2.45) is 0 Å². The van der Waals surface area contributed by atoms with E-state index in [4.69, 9.17) is 4.74 Å². The van der Waals surface area contributed by atoms with Crippen LogP contribution < -0.4 is 5.32 Å². The molecule has 3 atom stereocenters. The van der Waals surface area contributed by atoms with Gasteiger partial charge in [0.25, 0.3) is 5.92 Å². The van der Waals surface area contributed by atoms with Gasteiger partial charge in [-0.1, -0.05) is 0 Å². The van der Waals surface area contributed by atoms with Crippen LogP contribution in [0.5, 0.6) is 0 Å². The van der Waals surface area contributed by atoms with E-state index >= 15 is 0 Å². The van der Waals surface area contributed by atoms with E-state index in [0.717, 1.165) is 6.42 Å². The second-order valence-electron chi connectivity index (χ2n) is 4.34. The Balaban J connectivity index is 1.90. The molecule has 3 unspecified atom stereocenters. The highest BCUT2D eigenvalue weighted by Crippen LogP contribution is 2.35. The normalized spacial score (nSPS) is 41.8. The van der Waals surface area contributed by atoms with Crippen LogP contribution in [-0.2, 0) is 4.74 Å². The zero-order valence-corrected chi connectivity index (χ0v) is 8.43. The summed E-state index contributed by atoms with van der Waals surface area (Å²) in [5.41, 5.74) is 0. The minimum Gasteiger partial charge on any atom is -0.377 e. The minimum absolute atomic E-state index is 0.0343. The van der Waals surface area contributed by atoms with Gasteiger partial charge in [-0.25, -0.2) is 8.78 Å². The van der Waals surface area contributed by atoms with Crippen LogP contribution in [0.1, 0.15) is 32.6 Å². The fourth-order valence-electron chi connectivity index (χ4n) is 2.34. The van der Waals surface area contributed by atoms with Crippen molar-refractivity contribution >= 4 is 0 Å². The lowest BCUT2D eigenvalue weighted by Gasteiger charge is -2.25. The van der Waals surface area contributed by atoms with Crippen molar-refractivity contribution < 1.29 is 13.5 Å². The predicted octanol–water partition coefficient (Wildman–Crippen LogP) is 1.94. The van der Waals surface area contributed by atoms with Crippen LogP contribution in [-0.4, -0.2) is 30.7 Å². The van der Waals surface area contributed by atoms with Crippen molar-refractivity contribution in [3.8, 4) is 0 Å². The first-order valence-corrected chi connectivity index (χ1v) is 5.35. The number of halogens is 2. The van der Waals surface area contributed by atoms with Crippen molar-refractivity contribution in [1.82, 2.24) is 5.32 Å². The molecule has 0 amide bonds. The maximum atomic E-state index is 13.3. The van der Waals surface area contributed by atoms with Crippen LogP contribution in [0.15, 0.2) is 0 Å². The van der Waals surface area contributed by atoms with Gasteiger partial charge in [-0.15, -0.1) is 0 Å². The molecule has 1 aliphatic heterocycles. The Bertz CT molecular complexity index is 210. The summed E-state index contributed by atoms with van der Waals surface area (Å²) in [5, 5.41) is 3.04. The fraction of sp³-hybridized carbons (Fsp3) is 1.00. The third kappa shape index (κ3) is 1.91. The number of nitrogens with one attached hydrogen (secondary N) is 1. The molecule has 0 aromatic carbocycles. The number of ether oxygens (including phenoxy) is 1. The number of hydrogen-bond donors (Lipinski definition) is 1. The summed E-state index contributed by atoms with van der Waals surface area (Å²) < 4.78 is 31.9. The molecule has 1 saturated carbocycles. The Labute approximate surface area is 83.0 Å². The molecule has 14 heavy (non-hydrogen) atoms. The average molecular weight is 205 g/mol. The molecule has 2 aliphatic rings. The highest BCUT2D eigenvalue weighted by atomic mass is 19.3. The Kier molecular flexibility index (Phi) is 2.75. The molecule has 4 heteroatoms. The summed E-state index contributed by atoms with van der Waals surface area (Å²) in [7, 11) is 0. The van der Waals surface area contributed by atoms with Gasteiger partial charge in [-0.05, 0) is 26.2 Å². The minimum atomic E-state index is -2.51. The summed E-state index contributed by atoms with van der Waals surface area (Å²) in [6, 6.07) is -0.513. The number of hydrogen-bond acceptors (Lipinski definition) is 2. The van der Waals surface area contributed by atoms with Crippen molar-refractivity contribution in [3.63, 3.8) is 0 Å². The summed E-state index contributed by atoms with van der Waals surface area (Å²) >= 11 is 0. The van der Waals surface area contributed by atoms with E-state index in [9.17, 15) is 8.78 Å². The lowest BCUT2D eigenvalue weighted by Crippen LogP contribution is -2.48. The summed E-state index contributed by atoms with van der Waals surface area (Å²) in [6.45, 7) is 2.63. The summed E-state index contributed by atoms with van der Waals surface area (Å²) in [4.78, 5) is 0. The largest absolute Gasteiger partial charge is 0.377 e. The molecule has 2 fully saturated rings. The zero-order chi connectivity index (χ0) is 10.2. The van der Waals surface area contributed by atoms with Crippen LogP contribution in [0.2, 0.25) is 0 Å². The monoisotopic (exact) mass is 205 g/mol. The molecule has 0 radical (unpaired) electrons. The van der Waals surface area contributed by atoms with E-state index in [1.54, 1.807) is 0 Å². The molecule has 0 spiro atoms. The van der Waals surface area contributed by atoms with Crippen molar-refractivity contribution in [2.45, 2.75) is 56.7 Å². The molecule has 1 N–H and O–H groups in total. The number of rotatable bonds is 2. The van der Waals surface area contributed by atoms with E-state index in [2.05, 4.69) is 5.32 Å². The highest BCUT2D eigenvalue weighted by molar-refractivity contribution is 4.93. The van der Waals surface area contributed by atoms with Crippen LogP contribution in [0.3, 0.4) is 0 Å².